The highest BCUT2D eigenvalue weighted by atomic mass is 16.6. The SMILES string of the molecule is Cc1ccc2c(c1)N(c1ccc(NCCNc3c(NC(=O)OC(C)(C)C)c(=O)c3=O)cc1)C(=O)N(C1CCOCC1)N=C2C1CCCCC1. The van der Waals surface area contributed by atoms with Crippen molar-refractivity contribution in [3.05, 3.63) is 74.0 Å². The van der Waals surface area contributed by atoms with E-state index >= 15 is 0 Å². The van der Waals surface area contributed by atoms with Gasteiger partial charge >= 0.3 is 12.1 Å². The Kier molecular flexibility index (Phi) is 10.0. The number of hydrogen-bond acceptors (Lipinski definition) is 9. The smallest absolute Gasteiger partial charge is 0.412 e. The summed E-state index contributed by atoms with van der Waals surface area (Å²) in [7, 11) is 0. The van der Waals surface area contributed by atoms with E-state index in [-0.39, 0.29) is 23.4 Å². The second-order valence-corrected chi connectivity index (χ2v) is 14.1. The fraction of sp³-hybridized carbons (Fsp3) is 0.486. The minimum Gasteiger partial charge on any atom is -0.444 e. The molecule has 3 aliphatic rings. The van der Waals surface area contributed by atoms with E-state index in [1.807, 2.05) is 31.2 Å². The van der Waals surface area contributed by atoms with Crippen LogP contribution in [0.25, 0.3) is 0 Å². The number of anilines is 5. The third-order valence-corrected chi connectivity index (χ3v) is 9.22. The van der Waals surface area contributed by atoms with Crippen LogP contribution in [0, 0.1) is 12.8 Å². The lowest BCUT2D eigenvalue weighted by Crippen LogP contribution is -2.45. The van der Waals surface area contributed by atoms with E-state index in [2.05, 4.69) is 34.1 Å². The van der Waals surface area contributed by atoms with Crippen LogP contribution in [0.5, 0.6) is 0 Å². The molecule has 0 spiro atoms. The first kappa shape index (κ1) is 34.2. The Bertz CT molecular complexity index is 1780. The average molecular weight is 671 g/mol. The third-order valence-electron chi connectivity index (χ3n) is 9.22. The molecule has 3 amide bonds. The second-order valence-electron chi connectivity index (χ2n) is 14.1. The van der Waals surface area contributed by atoms with Gasteiger partial charge in [-0.2, -0.15) is 5.10 Å². The first-order valence-electron chi connectivity index (χ1n) is 17.3. The molecule has 0 radical (unpaired) electrons. The molecule has 2 heterocycles. The van der Waals surface area contributed by atoms with Gasteiger partial charge in [0, 0.05) is 43.5 Å². The fourth-order valence-corrected chi connectivity index (χ4v) is 6.76. The Morgan fingerprint density at radius 3 is 2.27 bits per heavy atom. The number of rotatable bonds is 9. The zero-order valence-electron chi connectivity index (χ0n) is 28.8. The molecule has 0 unspecified atom stereocenters. The van der Waals surface area contributed by atoms with E-state index in [1.165, 1.54) is 19.3 Å². The number of ether oxygens (including phenoxy) is 2. The molecule has 0 bridgehead atoms. The van der Waals surface area contributed by atoms with Crippen molar-refractivity contribution < 1.29 is 19.1 Å². The van der Waals surface area contributed by atoms with Crippen molar-refractivity contribution in [1.29, 1.82) is 0 Å². The molecule has 1 saturated heterocycles. The lowest BCUT2D eigenvalue weighted by molar-refractivity contribution is 0.0480. The second kappa shape index (κ2) is 14.4. The molecule has 0 atom stereocenters. The lowest BCUT2D eigenvalue weighted by Gasteiger charge is -2.33. The number of nitrogens with zero attached hydrogens (tertiary/aromatic N) is 3. The highest BCUT2D eigenvalue weighted by molar-refractivity contribution is 6.14. The van der Waals surface area contributed by atoms with Crippen LogP contribution in [0.1, 0.15) is 76.8 Å². The monoisotopic (exact) mass is 670 g/mol. The number of hydrazone groups is 1. The molecule has 3 aromatic rings. The fourth-order valence-electron chi connectivity index (χ4n) is 6.76. The number of amides is 3. The molecule has 12 nitrogen and oxygen atoms in total. The topological polar surface area (TPSA) is 142 Å². The number of urea groups is 1. The predicted octanol–water partition coefficient (Wildman–Crippen LogP) is 6.50. The average Bonchev–Trinajstić information content (AvgIpc) is 3.21. The number of hydrogen-bond donors (Lipinski definition) is 3. The maximum atomic E-state index is 14.5. The standard InChI is InChI=1S/C37H46N6O6/c1-23-10-15-28-29(22-23)42(36(47)43(27-16-20-48-21-17-27)41-30(28)24-8-6-5-7-9-24)26-13-11-25(12-14-26)38-18-19-39-31-32(34(45)33(31)44)40-35(46)49-37(2,3)4/h10-15,22,24,27,38-39H,5-9,16-21H2,1-4H3,(H,40,46). The minimum atomic E-state index is -0.797. The van der Waals surface area contributed by atoms with E-state index in [4.69, 9.17) is 14.6 Å². The van der Waals surface area contributed by atoms with Crippen molar-refractivity contribution in [3.63, 3.8) is 0 Å². The summed E-state index contributed by atoms with van der Waals surface area (Å²) in [6.45, 7) is 9.12. The normalized spacial score (nSPS) is 17.7. The summed E-state index contributed by atoms with van der Waals surface area (Å²) in [5.74, 6) is 0.304. The highest BCUT2D eigenvalue weighted by Crippen LogP contribution is 2.39. The van der Waals surface area contributed by atoms with Crippen molar-refractivity contribution in [3.8, 4) is 0 Å². The maximum absolute atomic E-state index is 14.5. The number of fused-ring (bicyclic) bond motifs is 1. The number of carbonyl (C=O) groups excluding carboxylic acids is 2. The zero-order chi connectivity index (χ0) is 34.7. The maximum Gasteiger partial charge on any atom is 0.412 e. The Labute approximate surface area is 286 Å². The van der Waals surface area contributed by atoms with Gasteiger partial charge < -0.3 is 20.1 Å². The molecule has 6 rings (SSSR count). The van der Waals surface area contributed by atoms with Crippen LogP contribution in [-0.4, -0.2) is 60.8 Å². The summed E-state index contributed by atoms with van der Waals surface area (Å²) in [5, 5.41) is 15.6. The van der Waals surface area contributed by atoms with Gasteiger partial charge in [-0.1, -0.05) is 31.4 Å². The Balaban J connectivity index is 1.18. The molecular weight excluding hydrogens is 624 g/mol. The van der Waals surface area contributed by atoms with Crippen LogP contribution in [0.4, 0.5) is 38.0 Å². The van der Waals surface area contributed by atoms with Gasteiger partial charge in [0.2, 0.25) is 0 Å². The number of benzene rings is 2. The molecule has 2 aliphatic heterocycles. The van der Waals surface area contributed by atoms with Crippen molar-refractivity contribution in [2.24, 2.45) is 11.0 Å². The highest BCUT2D eigenvalue weighted by Gasteiger charge is 2.37. The van der Waals surface area contributed by atoms with Crippen molar-refractivity contribution in [2.75, 3.05) is 47.2 Å². The van der Waals surface area contributed by atoms with E-state index in [1.54, 1.807) is 30.7 Å². The summed E-state index contributed by atoms with van der Waals surface area (Å²) in [4.78, 5) is 52.7. The Hall–Kier alpha value is -4.71. The largest absolute Gasteiger partial charge is 0.444 e. The van der Waals surface area contributed by atoms with E-state index in [9.17, 15) is 19.2 Å². The summed E-state index contributed by atoms with van der Waals surface area (Å²) < 4.78 is 10.8. The third kappa shape index (κ3) is 7.64. The van der Waals surface area contributed by atoms with Crippen LogP contribution in [0.3, 0.4) is 0 Å². The summed E-state index contributed by atoms with van der Waals surface area (Å²) in [6, 6.07) is 13.8. The molecular formula is C37H46N6O6. The molecule has 49 heavy (non-hydrogen) atoms. The van der Waals surface area contributed by atoms with E-state index in [0.717, 1.165) is 59.6 Å². The van der Waals surface area contributed by atoms with Crippen LogP contribution in [0.15, 0.2) is 57.2 Å². The van der Waals surface area contributed by atoms with Gasteiger partial charge in [-0.05, 0) is 89.3 Å². The summed E-state index contributed by atoms with van der Waals surface area (Å²) >= 11 is 0. The van der Waals surface area contributed by atoms with Crippen molar-refractivity contribution >= 4 is 46.3 Å². The van der Waals surface area contributed by atoms with Gasteiger partial charge in [-0.25, -0.2) is 14.6 Å². The summed E-state index contributed by atoms with van der Waals surface area (Å²) in [6.07, 6.45) is 6.39. The summed E-state index contributed by atoms with van der Waals surface area (Å²) in [5.41, 5.74) is 3.26. The molecule has 0 aromatic heterocycles. The first-order chi connectivity index (χ1) is 23.5. The molecule has 12 heteroatoms. The molecule has 3 N–H and O–H groups in total. The quantitative estimate of drug-likeness (QED) is 0.173. The molecule has 1 aliphatic carbocycles. The van der Waals surface area contributed by atoms with Crippen molar-refractivity contribution in [1.82, 2.24) is 5.01 Å². The molecule has 2 fully saturated rings. The first-order valence-corrected chi connectivity index (χ1v) is 17.3. The van der Waals surface area contributed by atoms with Gasteiger partial charge in [-0.3, -0.25) is 19.8 Å². The van der Waals surface area contributed by atoms with Gasteiger partial charge in [0.15, 0.2) is 0 Å². The van der Waals surface area contributed by atoms with Crippen LogP contribution < -0.4 is 31.7 Å². The number of carbonyl (C=O) groups is 2. The number of aryl methyl sites for hydroxylation is 1. The molecule has 1 saturated carbocycles. The lowest BCUT2D eigenvalue weighted by atomic mass is 9.82. The zero-order valence-corrected chi connectivity index (χ0v) is 28.8. The predicted molar refractivity (Wildman–Crippen MR) is 192 cm³/mol. The van der Waals surface area contributed by atoms with Gasteiger partial charge in [0.1, 0.15) is 17.0 Å². The van der Waals surface area contributed by atoms with Gasteiger partial charge in [0.05, 0.1) is 23.1 Å². The number of nitrogens with one attached hydrogen (secondary N) is 3. The van der Waals surface area contributed by atoms with Gasteiger partial charge in [0.25, 0.3) is 10.9 Å². The Morgan fingerprint density at radius 1 is 0.898 bits per heavy atom. The van der Waals surface area contributed by atoms with Crippen molar-refractivity contribution in [2.45, 2.75) is 84.3 Å². The molecule has 3 aromatic carbocycles. The van der Waals surface area contributed by atoms with Gasteiger partial charge in [-0.15, -0.1) is 0 Å². The van der Waals surface area contributed by atoms with E-state index in [0.29, 0.717) is 32.2 Å². The Morgan fingerprint density at radius 2 is 1.57 bits per heavy atom. The minimum absolute atomic E-state index is 0.0426. The van der Waals surface area contributed by atoms with Crippen LogP contribution >= 0.6 is 0 Å². The van der Waals surface area contributed by atoms with Crippen LogP contribution in [0.2, 0.25) is 0 Å². The van der Waals surface area contributed by atoms with Crippen LogP contribution in [-0.2, 0) is 9.47 Å². The van der Waals surface area contributed by atoms with E-state index < -0.39 is 22.6 Å². The molecule has 260 valence electrons.